The molecule has 0 unspecified atom stereocenters. The Morgan fingerprint density at radius 1 is 1.19 bits per heavy atom. The van der Waals surface area contributed by atoms with Gasteiger partial charge >= 0.3 is 5.97 Å². The van der Waals surface area contributed by atoms with Crippen LogP contribution >= 0.6 is 11.8 Å². The highest BCUT2D eigenvalue weighted by Gasteiger charge is 2.25. The first kappa shape index (κ1) is 27.5. The van der Waals surface area contributed by atoms with Crippen LogP contribution in [0.2, 0.25) is 0 Å². The number of ether oxygens (including phenoxy) is 1. The van der Waals surface area contributed by atoms with Gasteiger partial charge in [-0.25, -0.2) is 13.2 Å². The topological polar surface area (TPSA) is 143 Å². The zero-order valence-corrected chi connectivity index (χ0v) is 21.7. The first-order valence-electron chi connectivity index (χ1n) is 11.3. The molecule has 1 saturated heterocycles. The van der Waals surface area contributed by atoms with E-state index in [-0.39, 0.29) is 17.2 Å². The summed E-state index contributed by atoms with van der Waals surface area (Å²) in [6.07, 6.45) is 2.78. The van der Waals surface area contributed by atoms with Gasteiger partial charge in [0.2, 0.25) is 15.9 Å². The van der Waals surface area contributed by atoms with Gasteiger partial charge in [0.1, 0.15) is 11.9 Å². The normalized spacial score (nSPS) is 16.2. The Morgan fingerprint density at radius 3 is 2.58 bits per heavy atom. The monoisotopic (exact) mass is 534 g/mol. The van der Waals surface area contributed by atoms with Gasteiger partial charge in [-0.3, -0.25) is 19.6 Å². The van der Waals surface area contributed by atoms with Gasteiger partial charge in [0.15, 0.2) is 0 Å². The lowest BCUT2D eigenvalue weighted by Crippen LogP contribution is -2.42. The summed E-state index contributed by atoms with van der Waals surface area (Å²) in [7, 11) is -2.52. The number of hydrogen-bond acceptors (Lipinski definition) is 8. The standard InChI is InChI=1S/C24H30N4O6S2/c1-34-24(31)20(12-13-35-2)26-23(30)18-9-8-17(14-19(18)16-6-4-3-5-7-16)28-36(32,33)15-25-21-10-11-22(29)27-21/h3-9,14,20-21,25,28H,10-13,15H2,1-2H3,(H,26,30)(H,27,29)/t20-,21+/m0/s1. The number of amides is 2. The molecule has 1 heterocycles. The number of carbonyl (C=O) groups excluding carboxylic acids is 3. The van der Waals surface area contributed by atoms with Crippen LogP contribution in [0, 0.1) is 0 Å². The number of thioether (sulfide) groups is 1. The lowest BCUT2D eigenvalue weighted by Gasteiger charge is -2.18. The van der Waals surface area contributed by atoms with Crippen molar-refractivity contribution in [3.63, 3.8) is 0 Å². The average molecular weight is 535 g/mol. The molecule has 10 nitrogen and oxygen atoms in total. The summed E-state index contributed by atoms with van der Waals surface area (Å²) in [6, 6.07) is 12.8. The minimum absolute atomic E-state index is 0.123. The van der Waals surface area contributed by atoms with Crippen molar-refractivity contribution in [3.8, 4) is 11.1 Å². The van der Waals surface area contributed by atoms with Gasteiger partial charge in [-0.2, -0.15) is 11.8 Å². The Hall–Kier alpha value is -3.09. The maximum absolute atomic E-state index is 13.2. The quantitative estimate of drug-likeness (QED) is 0.303. The van der Waals surface area contributed by atoms with Crippen LogP contribution in [-0.4, -0.2) is 63.4 Å². The van der Waals surface area contributed by atoms with Crippen molar-refractivity contribution in [2.24, 2.45) is 0 Å². The molecule has 2 aromatic rings. The van der Waals surface area contributed by atoms with E-state index in [1.807, 2.05) is 24.5 Å². The fourth-order valence-corrected chi connectivity index (χ4v) is 5.17. The number of benzene rings is 2. The smallest absolute Gasteiger partial charge is 0.328 e. The van der Waals surface area contributed by atoms with Crippen molar-refractivity contribution in [3.05, 3.63) is 54.1 Å². The molecule has 0 aromatic heterocycles. The molecular formula is C24H30N4O6S2. The van der Waals surface area contributed by atoms with Crippen molar-refractivity contribution in [2.75, 3.05) is 29.7 Å². The van der Waals surface area contributed by atoms with E-state index in [1.165, 1.54) is 19.2 Å². The summed E-state index contributed by atoms with van der Waals surface area (Å²) in [5, 5.41) is 8.21. The molecule has 0 spiro atoms. The van der Waals surface area contributed by atoms with Crippen LogP contribution in [0.3, 0.4) is 0 Å². The van der Waals surface area contributed by atoms with Crippen molar-refractivity contribution < 1.29 is 27.5 Å². The summed E-state index contributed by atoms with van der Waals surface area (Å²) in [6.45, 7) is 0. The van der Waals surface area contributed by atoms with Gasteiger partial charge in [0, 0.05) is 17.7 Å². The molecule has 0 saturated carbocycles. The maximum atomic E-state index is 13.2. The van der Waals surface area contributed by atoms with Crippen LogP contribution < -0.4 is 20.7 Å². The van der Waals surface area contributed by atoms with Crippen molar-refractivity contribution >= 4 is 45.3 Å². The van der Waals surface area contributed by atoms with E-state index in [0.29, 0.717) is 36.1 Å². The number of nitrogens with one attached hydrogen (secondary N) is 4. The molecule has 1 aliphatic heterocycles. The zero-order valence-electron chi connectivity index (χ0n) is 20.1. The fraction of sp³-hybridized carbons (Fsp3) is 0.375. The summed E-state index contributed by atoms with van der Waals surface area (Å²) in [5.74, 6) is -0.864. The zero-order chi connectivity index (χ0) is 26.1. The Bertz CT molecular complexity index is 1190. The molecule has 2 aromatic carbocycles. The molecule has 1 fully saturated rings. The van der Waals surface area contributed by atoms with E-state index >= 15 is 0 Å². The van der Waals surface area contributed by atoms with Crippen LogP contribution in [-0.2, 0) is 24.3 Å². The van der Waals surface area contributed by atoms with E-state index in [0.717, 1.165) is 0 Å². The molecule has 0 radical (unpaired) electrons. The SMILES string of the molecule is COC(=O)[C@H](CCSC)NC(=O)c1ccc(NS(=O)(=O)CN[C@H]2CCC(=O)N2)cc1-c1ccccc1. The summed E-state index contributed by atoms with van der Waals surface area (Å²) < 4.78 is 32.6. The minimum Gasteiger partial charge on any atom is -0.467 e. The molecule has 1 aliphatic rings. The second-order valence-corrected chi connectivity index (χ2v) is 10.9. The molecule has 0 bridgehead atoms. The number of rotatable bonds is 12. The minimum atomic E-state index is -3.79. The summed E-state index contributed by atoms with van der Waals surface area (Å²) in [5.41, 5.74) is 1.76. The number of anilines is 1. The molecule has 12 heteroatoms. The predicted molar refractivity (Wildman–Crippen MR) is 140 cm³/mol. The van der Waals surface area contributed by atoms with Crippen LogP contribution in [0.4, 0.5) is 5.69 Å². The lowest BCUT2D eigenvalue weighted by molar-refractivity contribution is -0.142. The third-order valence-corrected chi connectivity index (χ3v) is 7.28. The molecule has 0 aliphatic carbocycles. The van der Waals surface area contributed by atoms with Gasteiger partial charge in [0.05, 0.1) is 13.3 Å². The van der Waals surface area contributed by atoms with E-state index in [4.69, 9.17) is 4.74 Å². The van der Waals surface area contributed by atoms with Crippen molar-refractivity contribution in [1.29, 1.82) is 0 Å². The number of esters is 1. The third kappa shape index (κ3) is 7.70. The van der Waals surface area contributed by atoms with Gasteiger partial charge < -0.3 is 15.4 Å². The molecule has 194 valence electrons. The fourth-order valence-electron chi connectivity index (χ4n) is 3.72. The van der Waals surface area contributed by atoms with Gasteiger partial charge in [-0.15, -0.1) is 0 Å². The summed E-state index contributed by atoms with van der Waals surface area (Å²) in [4.78, 5) is 36.7. The van der Waals surface area contributed by atoms with E-state index < -0.39 is 40.0 Å². The first-order chi connectivity index (χ1) is 17.2. The molecule has 4 N–H and O–H groups in total. The largest absolute Gasteiger partial charge is 0.467 e. The second-order valence-electron chi connectivity index (χ2n) is 8.18. The van der Waals surface area contributed by atoms with Crippen LogP contribution in [0.5, 0.6) is 0 Å². The van der Waals surface area contributed by atoms with E-state index in [1.54, 1.807) is 30.0 Å². The Kier molecular flexibility index (Phi) is 9.73. The highest BCUT2D eigenvalue weighted by molar-refractivity contribution is 7.98. The lowest BCUT2D eigenvalue weighted by atomic mass is 9.98. The Labute approximate surface area is 215 Å². The van der Waals surface area contributed by atoms with Crippen LogP contribution in [0.15, 0.2) is 48.5 Å². The number of carbonyl (C=O) groups is 3. The number of hydrogen-bond donors (Lipinski definition) is 4. The van der Waals surface area contributed by atoms with E-state index in [2.05, 4.69) is 20.7 Å². The Morgan fingerprint density at radius 2 is 1.94 bits per heavy atom. The van der Waals surface area contributed by atoms with Crippen LogP contribution in [0.25, 0.3) is 11.1 Å². The average Bonchev–Trinajstić information content (AvgIpc) is 3.30. The molecule has 36 heavy (non-hydrogen) atoms. The van der Waals surface area contributed by atoms with Gasteiger partial charge in [-0.1, -0.05) is 30.3 Å². The highest BCUT2D eigenvalue weighted by Crippen LogP contribution is 2.28. The van der Waals surface area contributed by atoms with Gasteiger partial charge in [0.25, 0.3) is 5.91 Å². The highest BCUT2D eigenvalue weighted by atomic mass is 32.2. The summed E-state index contributed by atoms with van der Waals surface area (Å²) >= 11 is 1.55. The first-order valence-corrected chi connectivity index (χ1v) is 14.4. The third-order valence-electron chi connectivity index (χ3n) is 5.54. The number of methoxy groups -OCH3 is 1. The van der Waals surface area contributed by atoms with Crippen LogP contribution in [0.1, 0.15) is 29.6 Å². The molecule has 2 atom stereocenters. The molecule has 2 amide bonds. The Balaban J connectivity index is 1.82. The van der Waals surface area contributed by atoms with E-state index in [9.17, 15) is 22.8 Å². The number of sulfonamides is 1. The second kappa shape index (κ2) is 12.7. The van der Waals surface area contributed by atoms with Gasteiger partial charge in [-0.05, 0) is 54.2 Å². The maximum Gasteiger partial charge on any atom is 0.328 e. The molecule has 3 rings (SSSR count). The predicted octanol–water partition coefficient (Wildman–Crippen LogP) is 1.90. The molecular weight excluding hydrogens is 504 g/mol. The van der Waals surface area contributed by atoms with Crippen molar-refractivity contribution in [1.82, 2.24) is 16.0 Å². The van der Waals surface area contributed by atoms with Crippen molar-refractivity contribution in [2.45, 2.75) is 31.5 Å².